The number of aromatic hydroxyl groups is 3. The quantitative estimate of drug-likeness (QED) is 0.788. The highest BCUT2D eigenvalue weighted by molar-refractivity contribution is 5.73. The lowest BCUT2D eigenvalue weighted by molar-refractivity contribution is 0.451. The second kappa shape index (κ2) is 5.22. The summed E-state index contributed by atoms with van der Waals surface area (Å²) in [6.45, 7) is 3.96. The van der Waals surface area contributed by atoms with Crippen molar-refractivity contribution in [1.82, 2.24) is 0 Å². The molecule has 0 heterocycles. The molecule has 0 unspecified atom stereocenters. The van der Waals surface area contributed by atoms with Crippen molar-refractivity contribution >= 4 is 0 Å². The van der Waals surface area contributed by atoms with Crippen molar-refractivity contribution in [3.8, 4) is 28.4 Å². The summed E-state index contributed by atoms with van der Waals surface area (Å²) in [5, 5.41) is 29.3. The summed E-state index contributed by atoms with van der Waals surface area (Å²) in [6.07, 6.45) is 1.46. The van der Waals surface area contributed by atoms with Crippen LogP contribution in [0.2, 0.25) is 0 Å². The summed E-state index contributed by atoms with van der Waals surface area (Å²) in [5.41, 5.74) is 3.23. The Hall–Kier alpha value is -2.16. The van der Waals surface area contributed by atoms with E-state index in [1.807, 2.05) is 26.0 Å². The van der Waals surface area contributed by atoms with Gasteiger partial charge in [0, 0.05) is 11.6 Å². The van der Waals surface area contributed by atoms with Crippen LogP contribution in [0.15, 0.2) is 30.3 Å². The summed E-state index contributed by atoms with van der Waals surface area (Å²) in [6, 6.07) is 8.29. The van der Waals surface area contributed by atoms with Gasteiger partial charge in [0.25, 0.3) is 0 Å². The van der Waals surface area contributed by atoms with Crippen LogP contribution in [0.5, 0.6) is 17.2 Å². The Morgan fingerprint density at radius 2 is 1.42 bits per heavy atom. The summed E-state index contributed by atoms with van der Waals surface area (Å²) < 4.78 is 0. The average molecular weight is 258 g/mol. The number of phenols is 3. The van der Waals surface area contributed by atoms with Gasteiger partial charge in [-0.15, -0.1) is 0 Å². The Morgan fingerprint density at radius 3 is 1.89 bits per heavy atom. The van der Waals surface area contributed by atoms with E-state index in [1.54, 1.807) is 12.1 Å². The van der Waals surface area contributed by atoms with Gasteiger partial charge in [-0.05, 0) is 53.8 Å². The molecule has 3 N–H and O–H groups in total. The van der Waals surface area contributed by atoms with E-state index in [0.29, 0.717) is 11.3 Å². The van der Waals surface area contributed by atoms with E-state index >= 15 is 0 Å². The first-order valence-electron chi connectivity index (χ1n) is 6.43. The van der Waals surface area contributed by atoms with E-state index in [1.165, 1.54) is 6.07 Å². The normalized spacial score (nSPS) is 10.6. The first kappa shape index (κ1) is 13.3. The summed E-state index contributed by atoms with van der Waals surface area (Å²) in [7, 11) is 0. The lowest BCUT2D eigenvalue weighted by atomic mass is 9.96. The number of hydrogen-bond donors (Lipinski definition) is 3. The lowest BCUT2D eigenvalue weighted by Gasteiger charge is -2.12. The molecule has 19 heavy (non-hydrogen) atoms. The molecule has 2 rings (SSSR count). The minimum absolute atomic E-state index is 0.0338. The molecular formula is C16H18O3. The first-order valence-corrected chi connectivity index (χ1v) is 6.43. The largest absolute Gasteiger partial charge is 0.508 e. The van der Waals surface area contributed by atoms with Crippen LogP contribution in [0.3, 0.4) is 0 Å². The van der Waals surface area contributed by atoms with E-state index in [-0.39, 0.29) is 11.5 Å². The van der Waals surface area contributed by atoms with Gasteiger partial charge in [-0.25, -0.2) is 0 Å². The summed E-state index contributed by atoms with van der Waals surface area (Å²) >= 11 is 0. The number of hydrogen-bond acceptors (Lipinski definition) is 3. The van der Waals surface area contributed by atoms with Crippen LogP contribution in [0, 0.1) is 0 Å². The predicted molar refractivity (Wildman–Crippen MR) is 75.6 cm³/mol. The van der Waals surface area contributed by atoms with Crippen LogP contribution >= 0.6 is 0 Å². The number of rotatable bonds is 3. The Labute approximate surface area is 112 Å². The molecule has 0 saturated heterocycles. The zero-order valence-electron chi connectivity index (χ0n) is 11.1. The minimum Gasteiger partial charge on any atom is -0.508 e. The lowest BCUT2D eigenvalue weighted by Crippen LogP contribution is -1.91. The highest BCUT2D eigenvalue weighted by atomic mass is 16.3. The van der Waals surface area contributed by atoms with Gasteiger partial charge in [0.2, 0.25) is 0 Å². The zero-order chi connectivity index (χ0) is 14.0. The van der Waals surface area contributed by atoms with Crippen LogP contribution in [0.25, 0.3) is 11.1 Å². The van der Waals surface area contributed by atoms with Crippen molar-refractivity contribution in [2.75, 3.05) is 0 Å². The molecule has 100 valence electrons. The second-order valence-corrected chi connectivity index (χ2v) is 4.55. The number of benzene rings is 2. The molecular weight excluding hydrogens is 240 g/mol. The Kier molecular flexibility index (Phi) is 3.65. The summed E-state index contributed by atoms with van der Waals surface area (Å²) in [5.74, 6) is 0.410. The van der Waals surface area contributed by atoms with Crippen molar-refractivity contribution in [2.45, 2.75) is 26.7 Å². The molecule has 2 aromatic carbocycles. The Morgan fingerprint density at radius 1 is 0.842 bits per heavy atom. The molecule has 0 spiro atoms. The van der Waals surface area contributed by atoms with Gasteiger partial charge in [-0.1, -0.05) is 13.8 Å². The van der Waals surface area contributed by atoms with Gasteiger partial charge in [0.15, 0.2) is 0 Å². The molecule has 0 aromatic heterocycles. The Balaban J connectivity index is 2.62. The van der Waals surface area contributed by atoms with E-state index < -0.39 is 0 Å². The van der Waals surface area contributed by atoms with Crippen LogP contribution in [0.1, 0.15) is 25.0 Å². The van der Waals surface area contributed by atoms with Gasteiger partial charge in [-0.2, -0.15) is 0 Å². The third-order valence-corrected chi connectivity index (χ3v) is 3.32. The number of aryl methyl sites for hydroxylation is 2. The predicted octanol–water partition coefficient (Wildman–Crippen LogP) is 3.60. The van der Waals surface area contributed by atoms with Crippen molar-refractivity contribution in [3.05, 3.63) is 41.5 Å². The molecule has 0 fully saturated rings. The Bertz CT molecular complexity index is 578. The number of phenolic OH excluding ortho intramolecular Hbond substituents is 3. The van der Waals surface area contributed by atoms with Crippen LogP contribution in [0.4, 0.5) is 0 Å². The van der Waals surface area contributed by atoms with E-state index in [9.17, 15) is 15.3 Å². The van der Waals surface area contributed by atoms with Crippen molar-refractivity contribution < 1.29 is 15.3 Å². The molecule has 0 radical (unpaired) electrons. The van der Waals surface area contributed by atoms with Gasteiger partial charge in [-0.3, -0.25) is 0 Å². The van der Waals surface area contributed by atoms with Gasteiger partial charge in [0.05, 0.1) is 0 Å². The standard InChI is InChI=1S/C16H18O3/c1-3-10-7-12(8-11(4-2)16(10)19)14-6-5-13(17)9-15(14)18/h5-9,17-19H,3-4H2,1-2H3. The minimum atomic E-state index is 0.0338. The molecule has 0 atom stereocenters. The average Bonchev–Trinajstić information content (AvgIpc) is 2.39. The molecule has 0 saturated carbocycles. The molecule has 0 amide bonds. The van der Waals surface area contributed by atoms with Gasteiger partial charge >= 0.3 is 0 Å². The first-order chi connectivity index (χ1) is 9.06. The smallest absolute Gasteiger partial charge is 0.127 e. The molecule has 0 bridgehead atoms. The zero-order valence-corrected chi connectivity index (χ0v) is 11.1. The maximum Gasteiger partial charge on any atom is 0.127 e. The fourth-order valence-electron chi connectivity index (χ4n) is 2.22. The monoisotopic (exact) mass is 258 g/mol. The van der Waals surface area contributed by atoms with E-state index in [2.05, 4.69) is 0 Å². The highest BCUT2D eigenvalue weighted by Crippen LogP contribution is 2.36. The van der Waals surface area contributed by atoms with E-state index in [0.717, 1.165) is 29.5 Å². The molecule has 3 heteroatoms. The molecule has 0 aliphatic heterocycles. The van der Waals surface area contributed by atoms with Crippen LogP contribution < -0.4 is 0 Å². The van der Waals surface area contributed by atoms with E-state index in [4.69, 9.17) is 0 Å². The topological polar surface area (TPSA) is 60.7 Å². The summed E-state index contributed by atoms with van der Waals surface area (Å²) in [4.78, 5) is 0. The maximum atomic E-state index is 10.1. The van der Waals surface area contributed by atoms with Gasteiger partial charge in [0.1, 0.15) is 17.2 Å². The maximum absolute atomic E-state index is 10.1. The van der Waals surface area contributed by atoms with Gasteiger partial charge < -0.3 is 15.3 Å². The van der Waals surface area contributed by atoms with Crippen LogP contribution in [-0.2, 0) is 12.8 Å². The fourth-order valence-corrected chi connectivity index (χ4v) is 2.22. The third-order valence-electron chi connectivity index (χ3n) is 3.32. The third kappa shape index (κ3) is 2.50. The molecule has 2 aromatic rings. The molecule has 0 aliphatic carbocycles. The van der Waals surface area contributed by atoms with Crippen molar-refractivity contribution in [3.63, 3.8) is 0 Å². The molecule has 3 nitrogen and oxygen atoms in total. The van der Waals surface area contributed by atoms with Crippen LogP contribution in [-0.4, -0.2) is 15.3 Å². The highest BCUT2D eigenvalue weighted by Gasteiger charge is 2.11. The van der Waals surface area contributed by atoms with Crippen molar-refractivity contribution in [2.24, 2.45) is 0 Å². The fraction of sp³-hybridized carbons (Fsp3) is 0.250. The van der Waals surface area contributed by atoms with Crippen molar-refractivity contribution in [1.29, 1.82) is 0 Å². The SMILES string of the molecule is CCc1cc(-c2ccc(O)cc2O)cc(CC)c1O. The second-order valence-electron chi connectivity index (χ2n) is 4.55. The molecule has 0 aliphatic rings.